The number of sulfonamides is 1. The van der Waals surface area contributed by atoms with Crippen molar-refractivity contribution in [3.8, 4) is 11.5 Å². The second-order valence-electron chi connectivity index (χ2n) is 11.9. The van der Waals surface area contributed by atoms with E-state index in [1.165, 1.54) is 30.3 Å². The molecular weight excluding hydrogens is 575 g/mol. The van der Waals surface area contributed by atoms with Crippen molar-refractivity contribution in [3.63, 3.8) is 0 Å². The van der Waals surface area contributed by atoms with Gasteiger partial charge in [0.15, 0.2) is 6.10 Å². The van der Waals surface area contributed by atoms with E-state index in [1.807, 2.05) is 13.8 Å². The molecular formula is C32H33FN2O7S. The summed E-state index contributed by atoms with van der Waals surface area (Å²) < 4.78 is 60.8. The third kappa shape index (κ3) is 5.59. The van der Waals surface area contributed by atoms with Crippen LogP contribution in [0.4, 0.5) is 10.1 Å². The zero-order valence-electron chi connectivity index (χ0n) is 24.3. The predicted molar refractivity (Wildman–Crippen MR) is 156 cm³/mol. The largest absolute Gasteiger partial charge is 0.487 e. The molecule has 0 saturated carbocycles. The van der Waals surface area contributed by atoms with Gasteiger partial charge in [0.2, 0.25) is 0 Å². The van der Waals surface area contributed by atoms with Gasteiger partial charge in [-0.1, -0.05) is 12.1 Å². The minimum absolute atomic E-state index is 0.00698. The molecule has 1 fully saturated rings. The summed E-state index contributed by atoms with van der Waals surface area (Å²) in [5, 5.41) is 2.69. The van der Waals surface area contributed by atoms with Gasteiger partial charge in [-0.15, -0.1) is 0 Å². The number of nitrogens with one attached hydrogen (secondary N) is 2. The Bertz CT molecular complexity index is 1720. The highest BCUT2D eigenvalue weighted by molar-refractivity contribution is 7.90. The Morgan fingerprint density at radius 2 is 1.81 bits per heavy atom. The van der Waals surface area contributed by atoms with Crippen LogP contribution in [0.3, 0.4) is 0 Å². The van der Waals surface area contributed by atoms with Gasteiger partial charge in [-0.05, 0) is 94.5 Å². The quantitative estimate of drug-likeness (QED) is 0.408. The molecule has 1 saturated heterocycles. The maximum Gasteiger partial charge on any atom is 0.265 e. The molecule has 9 nitrogen and oxygen atoms in total. The molecule has 0 radical (unpaired) electrons. The van der Waals surface area contributed by atoms with E-state index in [0.717, 1.165) is 18.4 Å². The molecule has 43 heavy (non-hydrogen) atoms. The third-order valence-electron chi connectivity index (χ3n) is 8.45. The number of amides is 2. The van der Waals surface area contributed by atoms with Crippen molar-refractivity contribution in [1.29, 1.82) is 0 Å². The van der Waals surface area contributed by atoms with Crippen LogP contribution in [0.5, 0.6) is 11.5 Å². The molecule has 0 bridgehead atoms. The number of hydrogen-bond donors (Lipinski definition) is 2. The van der Waals surface area contributed by atoms with Crippen LogP contribution in [0.1, 0.15) is 66.8 Å². The highest BCUT2D eigenvalue weighted by Gasteiger charge is 2.47. The van der Waals surface area contributed by atoms with E-state index in [4.69, 9.17) is 14.2 Å². The van der Waals surface area contributed by atoms with E-state index < -0.39 is 27.6 Å². The average Bonchev–Trinajstić information content (AvgIpc) is 2.94. The summed E-state index contributed by atoms with van der Waals surface area (Å²) in [4.78, 5) is 25.2. The molecule has 2 amide bonds. The summed E-state index contributed by atoms with van der Waals surface area (Å²) in [6.07, 6.45) is 0.958. The van der Waals surface area contributed by atoms with Gasteiger partial charge in [-0.2, -0.15) is 0 Å². The summed E-state index contributed by atoms with van der Waals surface area (Å²) in [5.41, 5.74) is 1.97. The lowest BCUT2D eigenvalue weighted by Crippen LogP contribution is -2.48. The Morgan fingerprint density at radius 3 is 2.56 bits per heavy atom. The number of rotatable bonds is 5. The summed E-state index contributed by atoms with van der Waals surface area (Å²) in [7, 11) is -4.29. The Balaban J connectivity index is 1.25. The minimum Gasteiger partial charge on any atom is -0.487 e. The smallest absolute Gasteiger partial charge is 0.265 e. The van der Waals surface area contributed by atoms with E-state index in [-0.39, 0.29) is 46.1 Å². The highest BCUT2D eigenvalue weighted by Crippen LogP contribution is 2.51. The van der Waals surface area contributed by atoms with Crippen LogP contribution in [0.15, 0.2) is 59.5 Å². The van der Waals surface area contributed by atoms with Crippen molar-refractivity contribution in [3.05, 3.63) is 82.7 Å². The molecule has 3 aromatic rings. The van der Waals surface area contributed by atoms with Crippen molar-refractivity contribution in [2.24, 2.45) is 5.92 Å². The maximum absolute atomic E-state index is 13.4. The fourth-order valence-corrected chi connectivity index (χ4v) is 7.37. The van der Waals surface area contributed by atoms with Gasteiger partial charge in [0, 0.05) is 23.1 Å². The molecule has 0 aromatic heterocycles. The fourth-order valence-electron chi connectivity index (χ4n) is 6.16. The Morgan fingerprint density at radius 1 is 1.07 bits per heavy atom. The van der Waals surface area contributed by atoms with Crippen molar-refractivity contribution in [1.82, 2.24) is 4.72 Å². The van der Waals surface area contributed by atoms with Gasteiger partial charge in [-0.3, -0.25) is 9.59 Å². The van der Waals surface area contributed by atoms with Crippen LogP contribution >= 0.6 is 0 Å². The summed E-state index contributed by atoms with van der Waals surface area (Å²) in [6, 6.07) is 14.0. The molecule has 0 aliphatic carbocycles. The Labute approximate surface area is 249 Å². The number of carbonyl (C=O) groups excluding carboxylic acids is 2. The normalized spacial score (nSPS) is 23.9. The summed E-state index contributed by atoms with van der Waals surface area (Å²) in [5.74, 6) is -0.641. The predicted octanol–water partition coefficient (Wildman–Crippen LogP) is 5.22. The fraction of sp³-hybridized carbons (Fsp3) is 0.375. The SMILES string of the molecule is Cc1cc2c(cc1S(=O)(=O)NC(=O)c1ccc3c(c1)[C@@H]1O[C@H](Cc4ccc(F)cc4)CC[C@H]1C(C)(C)O3)O[C@@H](C)C(=O)N2. The van der Waals surface area contributed by atoms with Crippen LogP contribution in [0.25, 0.3) is 0 Å². The molecule has 3 aliphatic rings. The first-order valence-electron chi connectivity index (χ1n) is 14.2. The van der Waals surface area contributed by atoms with E-state index in [9.17, 15) is 22.4 Å². The van der Waals surface area contributed by atoms with Gasteiger partial charge < -0.3 is 19.5 Å². The molecule has 11 heteroatoms. The van der Waals surface area contributed by atoms with E-state index in [1.54, 1.807) is 38.1 Å². The first-order valence-corrected chi connectivity index (χ1v) is 15.7. The third-order valence-corrected chi connectivity index (χ3v) is 9.92. The topological polar surface area (TPSA) is 120 Å². The van der Waals surface area contributed by atoms with Gasteiger partial charge >= 0.3 is 0 Å². The van der Waals surface area contributed by atoms with E-state index >= 15 is 0 Å². The van der Waals surface area contributed by atoms with E-state index in [2.05, 4.69) is 10.0 Å². The molecule has 3 aromatic carbocycles. The number of aryl methyl sites for hydroxylation is 1. The summed E-state index contributed by atoms with van der Waals surface area (Å²) in [6.45, 7) is 7.16. The van der Waals surface area contributed by atoms with Gasteiger partial charge in [0.1, 0.15) is 22.9 Å². The molecule has 4 atom stereocenters. The molecule has 2 N–H and O–H groups in total. The van der Waals surface area contributed by atoms with Crippen LogP contribution in [0.2, 0.25) is 0 Å². The molecule has 3 heterocycles. The monoisotopic (exact) mass is 608 g/mol. The number of anilines is 1. The lowest BCUT2D eigenvalue weighted by Gasteiger charge is -2.49. The lowest BCUT2D eigenvalue weighted by atomic mass is 9.74. The lowest BCUT2D eigenvalue weighted by molar-refractivity contribution is -0.149. The van der Waals surface area contributed by atoms with Gasteiger partial charge in [0.25, 0.3) is 21.8 Å². The molecule has 0 spiro atoms. The van der Waals surface area contributed by atoms with Gasteiger partial charge in [-0.25, -0.2) is 17.5 Å². The zero-order chi connectivity index (χ0) is 30.7. The number of benzene rings is 3. The average molecular weight is 609 g/mol. The van der Waals surface area contributed by atoms with Crippen LogP contribution in [-0.2, 0) is 26.0 Å². The molecule has 6 rings (SSSR count). The first kappa shape index (κ1) is 29.1. The number of fused-ring (bicyclic) bond motifs is 4. The second-order valence-corrected chi connectivity index (χ2v) is 13.6. The van der Waals surface area contributed by atoms with Crippen LogP contribution in [0, 0.1) is 18.7 Å². The number of halogens is 1. The molecule has 3 aliphatic heterocycles. The van der Waals surface area contributed by atoms with Gasteiger partial charge in [0.05, 0.1) is 22.8 Å². The Kier molecular flexibility index (Phi) is 7.21. The molecule has 226 valence electrons. The van der Waals surface area contributed by atoms with E-state index in [0.29, 0.717) is 29.0 Å². The van der Waals surface area contributed by atoms with Crippen LogP contribution < -0.4 is 19.5 Å². The number of carbonyl (C=O) groups is 2. The highest BCUT2D eigenvalue weighted by atomic mass is 32.2. The maximum atomic E-state index is 13.4. The van der Waals surface area contributed by atoms with Crippen molar-refractivity contribution in [2.75, 3.05) is 5.32 Å². The Hall–Kier alpha value is -3.96. The molecule has 0 unspecified atom stereocenters. The number of ether oxygens (including phenoxy) is 3. The second kappa shape index (κ2) is 10.6. The zero-order valence-corrected chi connectivity index (χ0v) is 25.1. The van der Waals surface area contributed by atoms with Crippen LogP contribution in [-0.4, -0.2) is 38.0 Å². The number of hydrogen-bond acceptors (Lipinski definition) is 7. The van der Waals surface area contributed by atoms with Crippen molar-refractivity contribution in [2.45, 2.75) is 75.8 Å². The summed E-state index contributed by atoms with van der Waals surface area (Å²) >= 11 is 0. The van der Waals surface area contributed by atoms with Crippen molar-refractivity contribution < 1.29 is 36.6 Å². The minimum atomic E-state index is -4.29. The standard InChI is InChI=1S/C32H33FN2O7S/c1-17-13-25-27(40-18(2)30(36)34-25)16-28(17)43(38,39)35-31(37)20-7-12-26-23(15-20)29-24(32(3,4)42-26)11-10-22(41-29)14-19-5-8-21(33)9-6-19/h5-9,12-13,15-16,18,22,24,29H,10-11,14H2,1-4H3,(H,34,36)(H,35,37)/t18-,22-,24+,29-/m0/s1. The first-order chi connectivity index (χ1) is 20.3. The van der Waals surface area contributed by atoms with Crippen molar-refractivity contribution >= 4 is 27.5 Å².